The molecule has 0 heterocycles. The lowest BCUT2D eigenvalue weighted by atomic mass is 9.48. The number of fused-ring (bicyclic) bond motifs is 5. The van der Waals surface area contributed by atoms with Gasteiger partial charge in [-0.15, -0.1) is 0 Å². The van der Waals surface area contributed by atoms with Crippen LogP contribution in [0.2, 0.25) is 0 Å². The van der Waals surface area contributed by atoms with Crippen LogP contribution in [0, 0.1) is 40.9 Å². The Hall–Kier alpha value is -0.510. The van der Waals surface area contributed by atoms with Gasteiger partial charge in [-0.3, -0.25) is 4.79 Å². The third-order valence-electron chi connectivity index (χ3n) is 8.78. The highest BCUT2D eigenvalue weighted by molar-refractivity contribution is 5.79. The van der Waals surface area contributed by atoms with Crippen LogP contribution in [0.25, 0.3) is 0 Å². The minimum Gasteiger partial charge on any atom is -0.390 e. The molecule has 142 valence electrons. The van der Waals surface area contributed by atoms with Gasteiger partial charge in [0.25, 0.3) is 5.92 Å². The van der Waals surface area contributed by atoms with E-state index in [0.717, 1.165) is 32.1 Å². The first kappa shape index (κ1) is 17.9. The zero-order valence-electron chi connectivity index (χ0n) is 15.7. The van der Waals surface area contributed by atoms with Crippen molar-refractivity contribution in [3.8, 4) is 0 Å². The molecule has 0 saturated heterocycles. The number of hydrogen-bond acceptors (Lipinski definition) is 2. The molecule has 4 fully saturated rings. The molecule has 4 aliphatic rings. The summed E-state index contributed by atoms with van der Waals surface area (Å²) in [6.45, 7) is 5.60. The summed E-state index contributed by atoms with van der Waals surface area (Å²) in [6, 6.07) is 0. The molecule has 25 heavy (non-hydrogen) atoms. The molecule has 0 radical (unpaired) electrons. The molecule has 4 heteroatoms. The maximum atomic E-state index is 15.1. The van der Waals surface area contributed by atoms with E-state index in [9.17, 15) is 9.90 Å². The first-order chi connectivity index (χ1) is 11.6. The van der Waals surface area contributed by atoms with Crippen LogP contribution in [-0.2, 0) is 4.79 Å². The van der Waals surface area contributed by atoms with Crippen LogP contribution >= 0.6 is 0 Å². The molecule has 0 aromatic carbocycles. The van der Waals surface area contributed by atoms with E-state index in [-0.39, 0.29) is 47.7 Å². The van der Waals surface area contributed by atoms with Crippen LogP contribution in [0.1, 0.15) is 72.1 Å². The van der Waals surface area contributed by atoms with Crippen molar-refractivity contribution >= 4 is 5.78 Å². The van der Waals surface area contributed by atoms with E-state index < -0.39 is 17.4 Å². The number of Topliss-reactive ketones (excluding diaryl/α,β-unsaturated/α-hetero) is 1. The van der Waals surface area contributed by atoms with E-state index in [1.54, 1.807) is 13.8 Å². The number of aliphatic hydroxyl groups is 1. The predicted molar refractivity (Wildman–Crippen MR) is 92.2 cm³/mol. The van der Waals surface area contributed by atoms with Crippen LogP contribution in [0.4, 0.5) is 8.78 Å². The van der Waals surface area contributed by atoms with Gasteiger partial charge in [0.2, 0.25) is 0 Å². The fourth-order valence-corrected chi connectivity index (χ4v) is 7.66. The van der Waals surface area contributed by atoms with Crippen molar-refractivity contribution in [1.82, 2.24) is 0 Å². The monoisotopic (exact) mass is 354 g/mol. The van der Waals surface area contributed by atoms with Crippen molar-refractivity contribution in [1.29, 1.82) is 0 Å². The first-order valence-corrected chi connectivity index (χ1v) is 10.2. The minimum atomic E-state index is -2.68. The van der Waals surface area contributed by atoms with Gasteiger partial charge in [-0.2, -0.15) is 0 Å². The average molecular weight is 354 g/mol. The van der Waals surface area contributed by atoms with Gasteiger partial charge in [0.1, 0.15) is 5.78 Å². The molecule has 1 N–H and O–H groups in total. The summed E-state index contributed by atoms with van der Waals surface area (Å²) in [7, 11) is 0. The molecule has 8 atom stereocenters. The van der Waals surface area contributed by atoms with E-state index >= 15 is 8.78 Å². The predicted octanol–water partition coefficient (Wildman–Crippen LogP) is 4.84. The van der Waals surface area contributed by atoms with Crippen LogP contribution in [0.15, 0.2) is 0 Å². The molecule has 0 bridgehead atoms. The van der Waals surface area contributed by atoms with E-state index in [2.05, 4.69) is 6.92 Å². The van der Waals surface area contributed by atoms with Crippen molar-refractivity contribution in [2.75, 3.05) is 0 Å². The van der Waals surface area contributed by atoms with Gasteiger partial charge in [0, 0.05) is 18.3 Å². The van der Waals surface area contributed by atoms with Gasteiger partial charge in [-0.1, -0.05) is 6.92 Å². The van der Waals surface area contributed by atoms with Crippen LogP contribution < -0.4 is 0 Å². The molecule has 2 nitrogen and oxygen atoms in total. The Morgan fingerprint density at radius 2 is 1.60 bits per heavy atom. The largest absolute Gasteiger partial charge is 0.390 e. The summed E-state index contributed by atoms with van der Waals surface area (Å²) in [6.07, 6.45) is 5.40. The number of hydrogen-bond donors (Lipinski definition) is 1. The lowest BCUT2D eigenvalue weighted by molar-refractivity contribution is -0.210. The fraction of sp³-hybridized carbons (Fsp3) is 0.952. The van der Waals surface area contributed by atoms with E-state index in [0.29, 0.717) is 12.3 Å². The van der Waals surface area contributed by atoms with Crippen LogP contribution in [0.5, 0.6) is 0 Å². The second-order valence-electron chi connectivity index (χ2n) is 10.2. The SMILES string of the molecule is CC(=O)[C@H]1CC[C@H]2[C@@H]3CC(F)(F)C4C[C@](C)(O)CC[C@@H]4[C@H]3CC[C@]12C. The lowest BCUT2D eigenvalue weighted by Crippen LogP contribution is -2.57. The third kappa shape index (κ3) is 2.61. The minimum absolute atomic E-state index is 0.0280. The van der Waals surface area contributed by atoms with Gasteiger partial charge in [0.15, 0.2) is 0 Å². The lowest BCUT2D eigenvalue weighted by Gasteiger charge is -2.58. The van der Waals surface area contributed by atoms with E-state index in [1.165, 1.54) is 0 Å². The highest BCUT2D eigenvalue weighted by atomic mass is 19.3. The highest BCUT2D eigenvalue weighted by Crippen LogP contribution is 2.66. The van der Waals surface area contributed by atoms with Gasteiger partial charge in [0.05, 0.1) is 5.60 Å². The second kappa shape index (κ2) is 5.50. The number of alkyl halides is 2. The van der Waals surface area contributed by atoms with Gasteiger partial charge in [-0.25, -0.2) is 8.78 Å². The molecular formula is C21H32F2O2. The summed E-state index contributed by atoms with van der Waals surface area (Å²) in [5.74, 6) is -2.28. The third-order valence-corrected chi connectivity index (χ3v) is 8.78. The molecule has 4 rings (SSSR count). The average Bonchev–Trinajstić information content (AvgIpc) is 2.84. The zero-order chi connectivity index (χ0) is 18.2. The quantitative estimate of drug-likeness (QED) is 0.731. The molecule has 0 spiro atoms. The maximum Gasteiger partial charge on any atom is 0.251 e. The Labute approximate surface area is 149 Å². The van der Waals surface area contributed by atoms with Crippen molar-refractivity contribution in [3.63, 3.8) is 0 Å². The van der Waals surface area contributed by atoms with Crippen LogP contribution in [-0.4, -0.2) is 22.4 Å². The van der Waals surface area contributed by atoms with Crippen LogP contribution in [0.3, 0.4) is 0 Å². The van der Waals surface area contributed by atoms with Gasteiger partial charge >= 0.3 is 0 Å². The first-order valence-electron chi connectivity index (χ1n) is 10.2. The summed E-state index contributed by atoms with van der Waals surface area (Å²) in [4.78, 5) is 12.1. The fourth-order valence-electron chi connectivity index (χ4n) is 7.66. The van der Waals surface area contributed by atoms with Gasteiger partial charge < -0.3 is 5.11 Å². The smallest absolute Gasteiger partial charge is 0.251 e. The van der Waals surface area contributed by atoms with E-state index in [4.69, 9.17) is 0 Å². The Morgan fingerprint density at radius 3 is 2.28 bits per heavy atom. The summed E-state index contributed by atoms with van der Waals surface area (Å²) < 4.78 is 30.2. The Balaban J connectivity index is 1.64. The number of rotatable bonds is 1. The van der Waals surface area contributed by atoms with Crippen molar-refractivity contribution < 1.29 is 18.7 Å². The molecule has 4 saturated carbocycles. The van der Waals surface area contributed by atoms with Gasteiger partial charge in [-0.05, 0) is 87.9 Å². The summed E-state index contributed by atoms with van der Waals surface area (Å²) in [5, 5.41) is 10.4. The molecule has 4 aliphatic carbocycles. The normalized spacial score (nSPS) is 54.3. The highest BCUT2D eigenvalue weighted by Gasteiger charge is 2.64. The summed E-state index contributed by atoms with van der Waals surface area (Å²) >= 11 is 0. The second-order valence-corrected chi connectivity index (χ2v) is 10.2. The van der Waals surface area contributed by atoms with Crippen molar-refractivity contribution in [3.05, 3.63) is 0 Å². The van der Waals surface area contributed by atoms with E-state index in [1.807, 2.05) is 0 Å². The molecule has 0 aromatic heterocycles. The molecule has 0 amide bonds. The molecule has 0 aromatic rings. The van der Waals surface area contributed by atoms with Crippen molar-refractivity contribution in [2.45, 2.75) is 83.7 Å². The number of carbonyl (C=O) groups is 1. The number of halogens is 2. The Kier molecular flexibility index (Phi) is 3.93. The number of ketones is 1. The Morgan fingerprint density at radius 1 is 0.920 bits per heavy atom. The summed E-state index contributed by atoms with van der Waals surface area (Å²) in [5.41, 5.74) is -1.01. The topological polar surface area (TPSA) is 37.3 Å². The molecule has 0 aliphatic heterocycles. The molecule has 1 unspecified atom stereocenters. The standard InChI is InChI=1S/C21H32F2O2/c1-12(24)16-4-5-17-15-10-21(22,23)18-11-19(2,25)8-6-14(18)13(15)7-9-20(16,17)3/h13-18,25H,4-11H2,1-3H3/t13-,14-,15-,16-,17+,18?,19-,20-/m1/s1. The molecular weight excluding hydrogens is 322 g/mol. The number of carbonyl (C=O) groups excluding carboxylic acids is 1. The maximum absolute atomic E-state index is 15.1. The Bertz CT molecular complexity index is 572. The van der Waals surface area contributed by atoms with Crippen molar-refractivity contribution in [2.24, 2.45) is 40.9 Å². The zero-order valence-corrected chi connectivity index (χ0v) is 15.7.